The van der Waals surface area contributed by atoms with Crippen LogP contribution in [0.25, 0.3) is 10.2 Å². The smallest absolute Gasteiger partial charge is 0.0964 e. The third kappa shape index (κ3) is 2.73. The number of aromatic nitrogens is 1. The second-order valence-corrected chi connectivity index (χ2v) is 6.43. The first-order valence-electron chi connectivity index (χ1n) is 6.84. The lowest BCUT2D eigenvalue weighted by molar-refractivity contribution is 0.143. The monoisotopic (exact) mass is 261 g/mol. The molecule has 2 aromatic rings. The van der Waals surface area contributed by atoms with Gasteiger partial charge in [-0.1, -0.05) is 37.8 Å². The van der Waals surface area contributed by atoms with E-state index in [0.29, 0.717) is 0 Å². The van der Waals surface area contributed by atoms with Gasteiger partial charge < -0.3 is 5.11 Å². The highest BCUT2D eigenvalue weighted by Crippen LogP contribution is 2.30. The van der Waals surface area contributed by atoms with Gasteiger partial charge in [0.25, 0.3) is 0 Å². The van der Waals surface area contributed by atoms with Crippen molar-refractivity contribution in [2.75, 3.05) is 0 Å². The Morgan fingerprint density at radius 3 is 2.83 bits per heavy atom. The van der Waals surface area contributed by atoms with E-state index in [-0.39, 0.29) is 6.10 Å². The van der Waals surface area contributed by atoms with E-state index in [1.165, 1.54) is 30.4 Å². The van der Waals surface area contributed by atoms with Crippen LogP contribution < -0.4 is 0 Å². The highest BCUT2D eigenvalue weighted by atomic mass is 32.1. The topological polar surface area (TPSA) is 33.1 Å². The van der Waals surface area contributed by atoms with Gasteiger partial charge in [-0.05, 0) is 24.5 Å². The van der Waals surface area contributed by atoms with Crippen LogP contribution in [0.3, 0.4) is 0 Å². The molecule has 0 spiro atoms. The van der Waals surface area contributed by atoms with E-state index < -0.39 is 0 Å². The van der Waals surface area contributed by atoms with Crippen molar-refractivity contribution >= 4 is 21.6 Å². The number of fused-ring (bicyclic) bond motifs is 1. The fraction of sp³-hybridized carbons (Fsp3) is 0.533. The Kier molecular flexibility index (Phi) is 3.62. The summed E-state index contributed by atoms with van der Waals surface area (Å²) in [5.41, 5.74) is 1.06. The second-order valence-electron chi connectivity index (χ2n) is 5.32. The lowest BCUT2D eigenvalue weighted by atomic mass is 9.99. The SMILES string of the molecule is OC(Cc1nc2ccccc2s1)CC1CCCC1. The molecule has 0 radical (unpaired) electrons. The fourth-order valence-corrected chi connectivity index (χ4v) is 3.96. The van der Waals surface area contributed by atoms with Crippen LogP contribution >= 0.6 is 11.3 Å². The molecule has 1 fully saturated rings. The molecule has 1 unspecified atom stereocenters. The van der Waals surface area contributed by atoms with E-state index in [2.05, 4.69) is 11.1 Å². The average molecular weight is 261 g/mol. The third-order valence-electron chi connectivity index (χ3n) is 3.83. The summed E-state index contributed by atoms with van der Waals surface area (Å²) in [5, 5.41) is 11.2. The van der Waals surface area contributed by atoms with E-state index >= 15 is 0 Å². The van der Waals surface area contributed by atoms with E-state index in [4.69, 9.17) is 0 Å². The fourth-order valence-electron chi connectivity index (χ4n) is 2.92. The van der Waals surface area contributed by atoms with Gasteiger partial charge in [-0.15, -0.1) is 11.3 Å². The number of hydrogen-bond acceptors (Lipinski definition) is 3. The van der Waals surface area contributed by atoms with Crippen molar-refractivity contribution in [1.29, 1.82) is 0 Å². The Morgan fingerprint density at radius 2 is 2.06 bits per heavy atom. The van der Waals surface area contributed by atoms with Crippen LogP contribution in [0.5, 0.6) is 0 Å². The largest absolute Gasteiger partial charge is 0.393 e. The third-order valence-corrected chi connectivity index (χ3v) is 4.89. The minimum atomic E-state index is -0.214. The number of aliphatic hydroxyl groups is 1. The molecule has 1 N–H and O–H groups in total. The van der Waals surface area contributed by atoms with Gasteiger partial charge in [0.15, 0.2) is 0 Å². The normalized spacial score (nSPS) is 18.5. The van der Waals surface area contributed by atoms with Crippen LogP contribution in [-0.2, 0) is 6.42 Å². The van der Waals surface area contributed by atoms with Crippen molar-refractivity contribution in [2.45, 2.75) is 44.6 Å². The molecule has 3 rings (SSSR count). The minimum Gasteiger partial charge on any atom is -0.393 e. The molecule has 0 bridgehead atoms. The van der Waals surface area contributed by atoms with Gasteiger partial charge in [0.2, 0.25) is 0 Å². The summed E-state index contributed by atoms with van der Waals surface area (Å²) >= 11 is 1.71. The van der Waals surface area contributed by atoms with Gasteiger partial charge in [-0.3, -0.25) is 0 Å². The standard InChI is InChI=1S/C15H19NOS/c17-12(9-11-5-1-2-6-11)10-15-16-13-7-3-4-8-14(13)18-15/h3-4,7-8,11-12,17H,1-2,5-6,9-10H2. The first-order chi connectivity index (χ1) is 8.81. The van der Waals surface area contributed by atoms with Crippen LogP contribution in [-0.4, -0.2) is 16.2 Å². The van der Waals surface area contributed by atoms with E-state index in [1.54, 1.807) is 11.3 Å². The summed E-state index contributed by atoms with van der Waals surface area (Å²) in [4.78, 5) is 4.59. The number of nitrogens with zero attached hydrogens (tertiary/aromatic N) is 1. The Balaban J connectivity index is 1.64. The molecular formula is C15H19NOS. The number of benzene rings is 1. The van der Waals surface area contributed by atoms with Crippen molar-refractivity contribution in [3.8, 4) is 0 Å². The Labute approximate surface area is 112 Å². The van der Waals surface area contributed by atoms with Crippen LogP contribution in [0.2, 0.25) is 0 Å². The number of aliphatic hydroxyl groups excluding tert-OH is 1. The molecule has 1 saturated carbocycles. The van der Waals surface area contributed by atoms with Crippen LogP contribution in [0.4, 0.5) is 0 Å². The van der Waals surface area contributed by atoms with Crippen molar-refractivity contribution in [1.82, 2.24) is 4.98 Å². The predicted molar refractivity (Wildman–Crippen MR) is 75.9 cm³/mol. The van der Waals surface area contributed by atoms with Crippen LogP contribution in [0.1, 0.15) is 37.1 Å². The van der Waals surface area contributed by atoms with E-state index in [9.17, 15) is 5.11 Å². The summed E-state index contributed by atoms with van der Waals surface area (Å²) < 4.78 is 1.22. The Hall–Kier alpha value is -0.930. The van der Waals surface area contributed by atoms with Crippen LogP contribution in [0.15, 0.2) is 24.3 Å². The predicted octanol–water partition coefficient (Wildman–Crippen LogP) is 3.78. The van der Waals surface area contributed by atoms with E-state index in [1.807, 2.05) is 18.2 Å². The lowest BCUT2D eigenvalue weighted by Crippen LogP contribution is -2.14. The molecule has 0 aliphatic heterocycles. The highest BCUT2D eigenvalue weighted by Gasteiger charge is 2.19. The molecule has 1 aliphatic carbocycles. The maximum atomic E-state index is 10.2. The first-order valence-corrected chi connectivity index (χ1v) is 7.65. The maximum absolute atomic E-state index is 10.2. The maximum Gasteiger partial charge on any atom is 0.0964 e. The molecular weight excluding hydrogens is 242 g/mol. The average Bonchev–Trinajstić information content (AvgIpc) is 2.96. The van der Waals surface area contributed by atoms with Crippen molar-refractivity contribution in [3.05, 3.63) is 29.3 Å². The summed E-state index contributed by atoms with van der Waals surface area (Å²) in [6.45, 7) is 0. The van der Waals surface area contributed by atoms with Gasteiger partial charge in [-0.2, -0.15) is 0 Å². The highest BCUT2D eigenvalue weighted by molar-refractivity contribution is 7.18. The number of hydrogen-bond donors (Lipinski definition) is 1. The molecule has 3 heteroatoms. The molecule has 96 valence electrons. The molecule has 0 amide bonds. The van der Waals surface area contributed by atoms with Gasteiger partial charge in [0.05, 0.1) is 21.3 Å². The summed E-state index contributed by atoms with van der Waals surface area (Å²) in [6, 6.07) is 8.19. The number of rotatable bonds is 4. The Morgan fingerprint density at radius 1 is 1.28 bits per heavy atom. The zero-order chi connectivity index (χ0) is 12.4. The molecule has 18 heavy (non-hydrogen) atoms. The molecule has 1 atom stereocenters. The summed E-state index contributed by atoms with van der Waals surface area (Å²) in [6.07, 6.45) is 6.75. The molecule has 1 aliphatic rings. The number of thiazole rings is 1. The van der Waals surface area contributed by atoms with Gasteiger partial charge >= 0.3 is 0 Å². The quantitative estimate of drug-likeness (QED) is 0.908. The summed E-state index contributed by atoms with van der Waals surface area (Å²) in [5.74, 6) is 0.745. The van der Waals surface area contributed by atoms with Crippen molar-refractivity contribution in [3.63, 3.8) is 0 Å². The minimum absolute atomic E-state index is 0.214. The van der Waals surface area contributed by atoms with Gasteiger partial charge in [0, 0.05) is 6.42 Å². The zero-order valence-electron chi connectivity index (χ0n) is 10.5. The second kappa shape index (κ2) is 5.37. The van der Waals surface area contributed by atoms with E-state index in [0.717, 1.165) is 29.3 Å². The van der Waals surface area contributed by atoms with Gasteiger partial charge in [0.1, 0.15) is 0 Å². The zero-order valence-corrected chi connectivity index (χ0v) is 11.3. The van der Waals surface area contributed by atoms with Crippen molar-refractivity contribution in [2.24, 2.45) is 5.92 Å². The van der Waals surface area contributed by atoms with Crippen molar-refractivity contribution < 1.29 is 5.11 Å². The Bertz CT molecular complexity index is 483. The molecule has 2 nitrogen and oxygen atoms in total. The molecule has 1 aromatic heterocycles. The molecule has 0 saturated heterocycles. The first kappa shape index (κ1) is 12.1. The lowest BCUT2D eigenvalue weighted by Gasteiger charge is -2.13. The van der Waals surface area contributed by atoms with Gasteiger partial charge in [-0.25, -0.2) is 4.98 Å². The molecule has 1 aromatic carbocycles. The summed E-state index contributed by atoms with van der Waals surface area (Å²) in [7, 11) is 0. The molecule has 1 heterocycles. The number of para-hydroxylation sites is 1. The van der Waals surface area contributed by atoms with Crippen LogP contribution in [0, 0.1) is 5.92 Å².